The molecule has 0 aliphatic rings. The first kappa shape index (κ1) is 19.4. The lowest BCUT2D eigenvalue weighted by atomic mass is 10.3. The second-order valence-corrected chi connectivity index (χ2v) is 7.90. The SMILES string of the molecule is CCN(c1ccc(OC(C)C)cc1)S(=O)(=O)c1ccc(OC)c(Cl)c1. The van der Waals surface area contributed by atoms with E-state index < -0.39 is 10.0 Å². The third-order valence-electron chi connectivity index (χ3n) is 3.49. The van der Waals surface area contributed by atoms with Gasteiger partial charge in [0, 0.05) is 6.54 Å². The summed E-state index contributed by atoms with van der Waals surface area (Å²) in [6.07, 6.45) is 0.0540. The van der Waals surface area contributed by atoms with Crippen molar-refractivity contribution in [1.82, 2.24) is 0 Å². The van der Waals surface area contributed by atoms with E-state index in [-0.39, 0.29) is 22.6 Å². The van der Waals surface area contributed by atoms with Crippen LogP contribution in [0, 0.1) is 0 Å². The Morgan fingerprint density at radius 2 is 1.76 bits per heavy atom. The van der Waals surface area contributed by atoms with Gasteiger partial charge in [0.25, 0.3) is 10.0 Å². The lowest BCUT2D eigenvalue weighted by molar-refractivity contribution is 0.242. The molecule has 0 spiro atoms. The topological polar surface area (TPSA) is 55.8 Å². The molecule has 0 amide bonds. The van der Waals surface area contributed by atoms with Gasteiger partial charge in [0.2, 0.25) is 0 Å². The highest BCUT2D eigenvalue weighted by Gasteiger charge is 2.24. The minimum Gasteiger partial charge on any atom is -0.495 e. The van der Waals surface area contributed by atoms with Gasteiger partial charge in [-0.3, -0.25) is 4.31 Å². The van der Waals surface area contributed by atoms with Gasteiger partial charge < -0.3 is 9.47 Å². The Kier molecular flexibility index (Phi) is 6.19. The first-order valence-electron chi connectivity index (χ1n) is 7.92. The van der Waals surface area contributed by atoms with Crippen LogP contribution in [-0.2, 0) is 10.0 Å². The lowest BCUT2D eigenvalue weighted by Crippen LogP contribution is -2.30. The molecular formula is C18H22ClNO4S. The molecular weight excluding hydrogens is 362 g/mol. The molecule has 0 unspecified atom stereocenters. The molecule has 0 aliphatic heterocycles. The van der Waals surface area contributed by atoms with Gasteiger partial charge >= 0.3 is 0 Å². The van der Waals surface area contributed by atoms with Gasteiger partial charge in [-0.25, -0.2) is 8.42 Å². The number of benzene rings is 2. The molecule has 0 fully saturated rings. The standard InChI is InChI=1S/C18H22ClNO4S/c1-5-20(14-6-8-15(9-7-14)24-13(2)3)25(21,22)16-10-11-18(23-4)17(19)12-16/h6-13H,5H2,1-4H3. The molecule has 0 radical (unpaired) electrons. The van der Waals surface area contributed by atoms with Gasteiger partial charge in [0.1, 0.15) is 11.5 Å². The van der Waals surface area contributed by atoms with E-state index in [4.69, 9.17) is 21.1 Å². The van der Waals surface area contributed by atoms with Crippen molar-refractivity contribution < 1.29 is 17.9 Å². The fourth-order valence-corrected chi connectivity index (χ4v) is 4.21. The van der Waals surface area contributed by atoms with Gasteiger partial charge in [0.05, 0.1) is 28.8 Å². The minimum atomic E-state index is -3.74. The Bertz CT molecular complexity index is 819. The molecule has 5 nitrogen and oxygen atoms in total. The largest absolute Gasteiger partial charge is 0.495 e. The number of sulfonamides is 1. The van der Waals surface area contributed by atoms with Crippen LogP contribution < -0.4 is 13.8 Å². The second-order valence-electron chi connectivity index (χ2n) is 5.63. The summed E-state index contributed by atoms with van der Waals surface area (Å²) in [4.78, 5) is 0.114. The highest BCUT2D eigenvalue weighted by Crippen LogP contribution is 2.31. The van der Waals surface area contributed by atoms with E-state index in [1.807, 2.05) is 13.8 Å². The van der Waals surface area contributed by atoms with Crippen molar-refractivity contribution in [2.24, 2.45) is 0 Å². The fourth-order valence-electron chi connectivity index (χ4n) is 2.39. The quantitative estimate of drug-likeness (QED) is 0.713. The van der Waals surface area contributed by atoms with Crippen LogP contribution in [0.4, 0.5) is 5.69 Å². The van der Waals surface area contributed by atoms with Gasteiger partial charge in [-0.2, -0.15) is 0 Å². The van der Waals surface area contributed by atoms with Gasteiger partial charge in [0.15, 0.2) is 0 Å². The van der Waals surface area contributed by atoms with Gasteiger partial charge in [-0.1, -0.05) is 11.6 Å². The number of halogens is 1. The average Bonchev–Trinajstić information content (AvgIpc) is 2.56. The van der Waals surface area contributed by atoms with Crippen LogP contribution in [0.2, 0.25) is 5.02 Å². The molecule has 2 rings (SSSR count). The normalized spacial score (nSPS) is 11.4. The zero-order chi connectivity index (χ0) is 18.6. The Hall–Kier alpha value is -1.92. The maximum Gasteiger partial charge on any atom is 0.264 e. The van der Waals surface area contributed by atoms with E-state index in [0.717, 1.165) is 0 Å². The van der Waals surface area contributed by atoms with Crippen LogP contribution in [0.3, 0.4) is 0 Å². The lowest BCUT2D eigenvalue weighted by Gasteiger charge is -2.23. The summed E-state index contributed by atoms with van der Waals surface area (Å²) in [7, 11) is -2.25. The molecule has 0 saturated carbocycles. The number of rotatable bonds is 7. The van der Waals surface area contributed by atoms with Crippen LogP contribution in [0.15, 0.2) is 47.4 Å². The van der Waals surface area contributed by atoms with E-state index in [1.54, 1.807) is 37.3 Å². The number of anilines is 1. The number of hydrogen-bond donors (Lipinski definition) is 0. The Morgan fingerprint density at radius 1 is 1.12 bits per heavy atom. The third kappa shape index (κ3) is 4.38. The smallest absolute Gasteiger partial charge is 0.264 e. The molecule has 25 heavy (non-hydrogen) atoms. The first-order chi connectivity index (χ1) is 11.8. The van der Waals surface area contributed by atoms with Crippen molar-refractivity contribution in [3.05, 3.63) is 47.5 Å². The molecule has 7 heteroatoms. The Labute approximate surface area is 154 Å². The van der Waals surface area contributed by atoms with Crippen LogP contribution in [0.5, 0.6) is 11.5 Å². The van der Waals surface area contributed by atoms with E-state index >= 15 is 0 Å². The van der Waals surface area contributed by atoms with Gasteiger partial charge in [-0.05, 0) is 63.2 Å². The summed E-state index contributed by atoms with van der Waals surface area (Å²) >= 11 is 6.07. The predicted molar refractivity (Wildman–Crippen MR) is 100 cm³/mol. The monoisotopic (exact) mass is 383 g/mol. The highest BCUT2D eigenvalue weighted by molar-refractivity contribution is 7.92. The van der Waals surface area contributed by atoms with Gasteiger partial charge in [-0.15, -0.1) is 0 Å². The summed E-state index contributed by atoms with van der Waals surface area (Å²) in [5.74, 6) is 1.12. The third-order valence-corrected chi connectivity index (χ3v) is 5.69. The summed E-state index contributed by atoms with van der Waals surface area (Å²) in [5, 5.41) is 0.250. The van der Waals surface area contributed by atoms with Crippen molar-refractivity contribution in [2.45, 2.75) is 31.8 Å². The zero-order valence-electron chi connectivity index (χ0n) is 14.7. The molecule has 0 N–H and O–H groups in total. The molecule has 0 aliphatic carbocycles. The van der Waals surface area contributed by atoms with E-state index in [1.165, 1.54) is 23.5 Å². The van der Waals surface area contributed by atoms with Crippen molar-refractivity contribution >= 4 is 27.3 Å². The molecule has 0 aromatic heterocycles. The molecule has 0 heterocycles. The number of ether oxygens (including phenoxy) is 2. The summed E-state index contributed by atoms with van der Waals surface area (Å²) in [5.41, 5.74) is 0.561. The molecule has 136 valence electrons. The summed E-state index contributed by atoms with van der Waals surface area (Å²) < 4.78 is 37.9. The number of methoxy groups -OCH3 is 1. The van der Waals surface area contributed by atoms with Crippen LogP contribution in [0.25, 0.3) is 0 Å². The zero-order valence-corrected chi connectivity index (χ0v) is 16.3. The van der Waals surface area contributed by atoms with E-state index in [2.05, 4.69) is 0 Å². The molecule has 2 aromatic carbocycles. The summed E-state index contributed by atoms with van der Waals surface area (Å²) in [6.45, 7) is 5.94. The van der Waals surface area contributed by atoms with Crippen molar-refractivity contribution in [2.75, 3.05) is 18.0 Å². The fraction of sp³-hybridized carbons (Fsp3) is 0.333. The van der Waals surface area contributed by atoms with Crippen molar-refractivity contribution in [3.8, 4) is 11.5 Å². The van der Waals surface area contributed by atoms with Crippen LogP contribution >= 0.6 is 11.6 Å². The molecule has 0 atom stereocenters. The van der Waals surface area contributed by atoms with E-state index in [0.29, 0.717) is 17.2 Å². The first-order valence-corrected chi connectivity index (χ1v) is 9.74. The van der Waals surface area contributed by atoms with Crippen molar-refractivity contribution in [1.29, 1.82) is 0 Å². The Balaban J connectivity index is 2.36. The number of nitrogens with zero attached hydrogens (tertiary/aromatic N) is 1. The highest BCUT2D eigenvalue weighted by atomic mass is 35.5. The Morgan fingerprint density at radius 3 is 2.24 bits per heavy atom. The number of hydrogen-bond acceptors (Lipinski definition) is 4. The molecule has 0 saturated heterocycles. The average molecular weight is 384 g/mol. The van der Waals surface area contributed by atoms with E-state index in [9.17, 15) is 8.42 Å². The van der Waals surface area contributed by atoms with Crippen LogP contribution in [-0.4, -0.2) is 28.2 Å². The molecule has 0 bridgehead atoms. The maximum atomic E-state index is 13.0. The summed E-state index contributed by atoms with van der Waals surface area (Å²) in [6, 6.07) is 11.4. The molecule has 2 aromatic rings. The predicted octanol–water partition coefficient (Wildman–Crippen LogP) is 4.35. The van der Waals surface area contributed by atoms with Crippen LogP contribution in [0.1, 0.15) is 20.8 Å². The second kappa shape index (κ2) is 7.97. The minimum absolute atomic E-state index is 0.0540. The maximum absolute atomic E-state index is 13.0. The van der Waals surface area contributed by atoms with Crippen molar-refractivity contribution in [3.63, 3.8) is 0 Å².